The summed E-state index contributed by atoms with van der Waals surface area (Å²) in [6.45, 7) is 2.19. The minimum absolute atomic E-state index is 0.0671. The highest BCUT2D eigenvalue weighted by Gasteiger charge is 2.30. The van der Waals surface area contributed by atoms with Crippen molar-refractivity contribution in [2.45, 2.75) is 25.6 Å². The standard InChI is InChI=1S/C20H18F4N6O2/c1-11-15(18(32)29-6-5-14(31)9-29)10-30(28-11)17-16(21)8-25-19(27-17)26-13-4-2-3-12(7-13)20(22,23)24/h2-4,7-8,10,14,31H,5-6,9H2,1H3,(H,25,26,27)/t14-/m1/s1. The Morgan fingerprint density at radius 3 is 2.78 bits per heavy atom. The third-order valence-corrected chi connectivity index (χ3v) is 4.97. The molecule has 1 atom stereocenters. The number of carbonyl (C=O) groups excluding carboxylic acids is 1. The molecule has 1 amide bonds. The summed E-state index contributed by atoms with van der Waals surface area (Å²) in [6, 6.07) is 4.42. The van der Waals surface area contributed by atoms with Crippen LogP contribution >= 0.6 is 0 Å². The number of nitrogens with zero attached hydrogens (tertiary/aromatic N) is 5. The number of hydrogen-bond donors (Lipinski definition) is 2. The number of likely N-dealkylation sites (tertiary alicyclic amines) is 1. The average Bonchev–Trinajstić information content (AvgIpc) is 3.34. The summed E-state index contributed by atoms with van der Waals surface area (Å²) in [7, 11) is 0. The molecule has 0 bridgehead atoms. The highest BCUT2D eigenvalue weighted by atomic mass is 19.4. The molecule has 12 heteroatoms. The van der Waals surface area contributed by atoms with Gasteiger partial charge in [0.1, 0.15) is 0 Å². The van der Waals surface area contributed by atoms with E-state index < -0.39 is 23.7 Å². The number of hydrogen-bond acceptors (Lipinski definition) is 6. The molecule has 32 heavy (non-hydrogen) atoms. The second-order valence-electron chi connectivity index (χ2n) is 7.34. The third kappa shape index (κ3) is 4.40. The summed E-state index contributed by atoms with van der Waals surface area (Å²) in [5.41, 5.74) is -0.230. The number of anilines is 2. The quantitative estimate of drug-likeness (QED) is 0.594. The minimum Gasteiger partial charge on any atom is -0.391 e. The van der Waals surface area contributed by atoms with E-state index in [4.69, 9.17) is 0 Å². The molecule has 1 fully saturated rings. The maximum Gasteiger partial charge on any atom is 0.416 e. The summed E-state index contributed by atoms with van der Waals surface area (Å²) in [5, 5.41) is 16.4. The van der Waals surface area contributed by atoms with Gasteiger partial charge in [0.15, 0.2) is 11.6 Å². The lowest BCUT2D eigenvalue weighted by Gasteiger charge is -2.14. The van der Waals surface area contributed by atoms with Crippen molar-refractivity contribution in [2.75, 3.05) is 18.4 Å². The molecule has 0 aliphatic carbocycles. The highest BCUT2D eigenvalue weighted by Crippen LogP contribution is 2.31. The van der Waals surface area contributed by atoms with Crippen molar-refractivity contribution < 1.29 is 27.5 Å². The molecule has 0 unspecified atom stereocenters. The van der Waals surface area contributed by atoms with E-state index in [0.29, 0.717) is 18.7 Å². The number of alkyl halides is 3. The largest absolute Gasteiger partial charge is 0.416 e. The molecule has 3 aromatic rings. The normalized spacial score (nSPS) is 16.4. The smallest absolute Gasteiger partial charge is 0.391 e. The Hall–Kier alpha value is -3.54. The number of aromatic nitrogens is 4. The van der Waals surface area contributed by atoms with E-state index in [9.17, 15) is 27.5 Å². The molecule has 0 radical (unpaired) electrons. The summed E-state index contributed by atoms with van der Waals surface area (Å²) < 4.78 is 54.2. The van der Waals surface area contributed by atoms with Crippen LogP contribution in [0.5, 0.6) is 0 Å². The summed E-state index contributed by atoms with van der Waals surface area (Å²) >= 11 is 0. The predicted octanol–water partition coefficient (Wildman–Crippen LogP) is 3.08. The molecule has 1 aliphatic rings. The second-order valence-corrected chi connectivity index (χ2v) is 7.34. The van der Waals surface area contributed by atoms with Crippen LogP contribution in [0.25, 0.3) is 5.82 Å². The van der Waals surface area contributed by atoms with Gasteiger partial charge in [0.25, 0.3) is 5.91 Å². The summed E-state index contributed by atoms with van der Waals surface area (Å²) in [6.07, 6.45) is -2.45. The Morgan fingerprint density at radius 2 is 2.09 bits per heavy atom. The molecule has 2 N–H and O–H groups in total. The van der Waals surface area contributed by atoms with E-state index in [1.165, 1.54) is 23.2 Å². The predicted molar refractivity (Wildman–Crippen MR) is 105 cm³/mol. The van der Waals surface area contributed by atoms with Gasteiger partial charge >= 0.3 is 6.18 Å². The number of β-amino-alcohol motifs (C(OH)–C–C–N with tert-alkyl or cyclic N) is 1. The minimum atomic E-state index is -4.52. The Balaban J connectivity index is 1.61. The van der Waals surface area contributed by atoms with E-state index >= 15 is 0 Å². The number of halogens is 4. The van der Waals surface area contributed by atoms with Crippen molar-refractivity contribution in [2.24, 2.45) is 0 Å². The zero-order valence-electron chi connectivity index (χ0n) is 16.8. The SMILES string of the molecule is Cc1nn(-c2nc(Nc3cccc(C(F)(F)F)c3)ncc2F)cc1C(=O)N1CC[C@@H](O)C1. The fourth-order valence-electron chi connectivity index (χ4n) is 3.36. The number of rotatable bonds is 4. The Labute approximate surface area is 179 Å². The van der Waals surface area contributed by atoms with E-state index in [2.05, 4.69) is 20.4 Å². The number of nitrogens with one attached hydrogen (secondary N) is 1. The lowest BCUT2D eigenvalue weighted by atomic mass is 10.2. The number of aliphatic hydroxyl groups excluding tert-OH is 1. The van der Waals surface area contributed by atoms with Crippen molar-refractivity contribution in [1.29, 1.82) is 0 Å². The molecule has 0 spiro atoms. The average molecular weight is 450 g/mol. The molecule has 8 nitrogen and oxygen atoms in total. The first kappa shape index (κ1) is 21.7. The van der Waals surface area contributed by atoms with Gasteiger partial charge in [0, 0.05) is 25.0 Å². The maximum atomic E-state index is 14.4. The van der Waals surface area contributed by atoms with Crippen LogP contribution < -0.4 is 5.32 Å². The topological polar surface area (TPSA) is 96.2 Å². The Kier molecular flexibility index (Phi) is 5.55. The van der Waals surface area contributed by atoms with Crippen molar-refractivity contribution >= 4 is 17.5 Å². The van der Waals surface area contributed by atoms with Gasteiger partial charge in [0.2, 0.25) is 5.95 Å². The molecule has 168 valence electrons. The van der Waals surface area contributed by atoms with Gasteiger partial charge in [-0.3, -0.25) is 4.79 Å². The third-order valence-electron chi connectivity index (χ3n) is 4.97. The summed E-state index contributed by atoms with van der Waals surface area (Å²) in [5.74, 6) is -1.61. The van der Waals surface area contributed by atoms with Crippen molar-refractivity contribution in [1.82, 2.24) is 24.6 Å². The van der Waals surface area contributed by atoms with Crippen molar-refractivity contribution in [3.05, 3.63) is 59.3 Å². The Bertz CT molecular complexity index is 1160. The number of carbonyl (C=O) groups is 1. The zero-order valence-corrected chi connectivity index (χ0v) is 16.8. The molecule has 1 aromatic carbocycles. The monoisotopic (exact) mass is 450 g/mol. The van der Waals surface area contributed by atoms with Gasteiger partial charge in [0.05, 0.1) is 29.1 Å². The van der Waals surface area contributed by atoms with Crippen LogP contribution in [0, 0.1) is 12.7 Å². The molecule has 1 saturated heterocycles. The van der Waals surface area contributed by atoms with Gasteiger partial charge in [-0.1, -0.05) is 6.07 Å². The van der Waals surface area contributed by atoms with Crippen LogP contribution in [0.15, 0.2) is 36.7 Å². The molecular weight excluding hydrogens is 432 g/mol. The second kappa shape index (κ2) is 8.19. The molecule has 4 rings (SSSR count). The number of aryl methyl sites for hydroxylation is 1. The number of benzene rings is 1. The van der Waals surface area contributed by atoms with Crippen LogP contribution in [-0.4, -0.2) is 54.9 Å². The molecule has 3 heterocycles. The van der Waals surface area contributed by atoms with E-state index in [0.717, 1.165) is 23.0 Å². The highest BCUT2D eigenvalue weighted by molar-refractivity contribution is 5.95. The fraction of sp³-hybridized carbons (Fsp3) is 0.300. The van der Waals surface area contributed by atoms with Crippen molar-refractivity contribution in [3.8, 4) is 5.82 Å². The lowest BCUT2D eigenvalue weighted by Crippen LogP contribution is -2.29. The van der Waals surface area contributed by atoms with E-state index in [1.807, 2.05) is 0 Å². The van der Waals surface area contributed by atoms with Gasteiger partial charge in [-0.2, -0.15) is 23.3 Å². The van der Waals surface area contributed by atoms with Crippen LogP contribution in [0.4, 0.5) is 29.2 Å². The van der Waals surface area contributed by atoms with Gasteiger partial charge < -0.3 is 15.3 Å². The molecule has 0 saturated carbocycles. The van der Waals surface area contributed by atoms with Gasteiger partial charge in [-0.05, 0) is 31.5 Å². The molecule has 2 aromatic heterocycles. The first-order valence-corrected chi connectivity index (χ1v) is 9.62. The first-order chi connectivity index (χ1) is 15.1. The fourth-order valence-corrected chi connectivity index (χ4v) is 3.36. The van der Waals surface area contributed by atoms with Crippen LogP contribution in [0.2, 0.25) is 0 Å². The van der Waals surface area contributed by atoms with Crippen LogP contribution in [0.3, 0.4) is 0 Å². The summed E-state index contributed by atoms with van der Waals surface area (Å²) in [4.78, 5) is 22.0. The van der Waals surface area contributed by atoms with Gasteiger partial charge in [-0.25, -0.2) is 14.1 Å². The lowest BCUT2D eigenvalue weighted by molar-refractivity contribution is -0.137. The Morgan fingerprint density at radius 1 is 1.31 bits per heavy atom. The number of amides is 1. The number of aliphatic hydroxyl groups is 1. The van der Waals surface area contributed by atoms with Crippen molar-refractivity contribution in [3.63, 3.8) is 0 Å². The van der Waals surface area contributed by atoms with E-state index in [1.54, 1.807) is 6.92 Å². The van der Waals surface area contributed by atoms with Crippen LogP contribution in [0.1, 0.15) is 28.0 Å². The van der Waals surface area contributed by atoms with E-state index in [-0.39, 0.29) is 35.5 Å². The zero-order chi connectivity index (χ0) is 23.0. The molecule has 1 aliphatic heterocycles. The molecular formula is C20H18F4N6O2. The first-order valence-electron chi connectivity index (χ1n) is 9.62. The maximum absolute atomic E-state index is 14.4. The van der Waals surface area contributed by atoms with Crippen LogP contribution in [-0.2, 0) is 6.18 Å². The van der Waals surface area contributed by atoms with Gasteiger partial charge in [-0.15, -0.1) is 0 Å².